The molecule has 1 aromatic heterocycles. The number of nitrogens with two attached hydrogens (primary N) is 1. The Bertz CT molecular complexity index is 925. The molecule has 0 spiro atoms. The predicted molar refractivity (Wildman–Crippen MR) is 96.0 cm³/mol. The highest BCUT2D eigenvalue weighted by Gasteiger charge is 2.08. The molecule has 0 saturated carbocycles. The van der Waals surface area contributed by atoms with Gasteiger partial charge in [-0.2, -0.15) is 0 Å². The molecule has 0 fully saturated rings. The van der Waals surface area contributed by atoms with Crippen LogP contribution in [0.2, 0.25) is 0 Å². The van der Waals surface area contributed by atoms with Crippen molar-refractivity contribution in [2.45, 2.75) is 13.8 Å². The third kappa shape index (κ3) is 3.42. The molecule has 0 aliphatic carbocycles. The zero-order valence-corrected chi connectivity index (χ0v) is 14.0. The Morgan fingerprint density at radius 1 is 0.960 bits per heavy atom. The molecule has 0 saturated heterocycles. The fourth-order valence-corrected chi connectivity index (χ4v) is 2.45. The Balaban J connectivity index is 1.73. The number of aromatic nitrogens is 2. The minimum absolute atomic E-state index is 0.251. The van der Waals surface area contributed by atoms with E-state index in [4.69, 9.17) is 5.73 Å². The Kier molecular flexibility index (Phi) is 4.35. The molecule has 3 aromatic rings. The van der Waals surface area contributed by atoms with E-state index in [1.54, 1.807) is 18.5 Å². The summed E-state index contributed by atoms with van der Waals surface area (Å²) in [4.78, 5) is 27.6. The van der Waals surface area contributed by atoms with E-state index in [0.29, 0.717) is 16.8 Å². The predicted octanol–water partition coefficient (Wildman–Crippen LogP) is 2.84. The van der Waals surface area contributed by atoms with Crippen molar-refractivity contribution < 1.29 is 9.59 Å². The lowest BCUT2D eigenvalue weighted by Gasteiger charge is -2.09. The average Bonchev–Trinajstić information content (AvgIpc) is 2.95. The van der Waals surface area contributed by atoms with Gasteiger partial charge in [0.15, 0.2) is 0 Å². The summed E-state index contributed by atoms with van der Waals surface area (Å²) in [6, 6.07) is 13.7. The maximum absolute atomic E-state index is 12.3. The molecule has 2 amide bonds. The van der Waals surface area contributed by atoms with Crippen molar-refractivity contribution in [3.05, 3.63) is 77.4 Å². The van der Waals surface area contributed by atoms with Crippen LogP contribution in [-0.2, 0) is 0 Å². The summed E-state index contributed by atoms with van der Waals surface area (Å²) in [5, 5.41) is 2.83. The molecular formula is C19H18N4O2. The van der Waals surface area contributed by atoms with E-state index >= 15 is 0 Å². The first-order valence-electron chi connectivity index (χ1n) is 7.78. The molecule has 2 aromatic carbocycles. The fraction of sp³-hybridized carbons (Fsp3) is 0.105. The van der Waals surface area contributed by atoms with Crippen LogP contribution >= 0.6 is 0 Å². The van der Waals surface area contributed by atoms with Crippen LogP contribution in [0.25, 0.3) is 5.69 Å². The zero-order chi connectivity index (χ0) is 18.0. The number of aryl methyl sites for hydroxylation is 1. The Labute approximate surface area is 145 Å². The molecule has 0 unspecified atom stereocenters. The first kappa shape index (κ1) is 16.4. The average molecular weight is 334 g/mol. The number of hydrogen-bond acceptors (Lipinski definition) is 3. The Morgan fingerprint density at radius 2 is 1.56 bits per heavy atom. The minimum Gasteiger partial charge on any atom is -0.366 e. The van der Waals surface area contributed by atoms with Gasteiger partial charge in [-0.05, 0) is 62.4 Å². The van der Waals surface area contributed by atoms with E-state index in [2.05, 4.69) is 10.3 Å². The van der Waals surface area contributed by atoms with Crippen LogP contribution in [0, 0.1) is 13.8 Å². The van der Waals surface area contributed by atoms with Gasteiger partial charge in [0.1, 0.15) is 0 Å². The summed E-state index contributed by atoms with van der Waals surface area (Å²) in [6.45, 7) is 3.97. The van der Waals surface area contributed by atoms with Gasteiger partial charge in [-0.25, -0.2) is 4.98 Å². The van der Waals surface area contributed by atoms with E-state index < -0.39 is 5.91 Å². The van der Waals surface area contributed by atoms with Crippen LogP contribution in [-0.4, -0.2) is 21.4 Å². The van der Waals surface area contributed by atoms with E-state index in [0.717, 1.165) is 17.1 Å². The number of rotatable bonds is 4. The zero-order valence-electron chi connectivity index (χ0n) is 14.0. The highest BCUT2D eigenvalue weighted by molar-refractivity contribution is 6.05. The van der Waals surface area contributed by atoms with Gasteiger partial charge in [-0.3, -0.25) is 9.59 Å². The smallest absolute Gasteiger partial charge is 0.255 e. The van der Waals surface area contributed by atoms with Gasteiger partial charge in [0.25, 0.3) is 5.91 Å². The highest BCUT2D eigenvalue weighted by Crippen LogP contribution is 2.17. The molecule has 0 atom stereocenters. The van der Waals surface area contributed by atoms with Crippen molar-refractivity contribution in [1.29, 1.82) is 0 Å². The maximum Gasteiger partial charge on any atom is 0.255 e. The van der Waals surface area contributed by atoms with Gasteiger partial charge in [0.05, 0.1) is 12.0 Å². The summed E-state index contributed by atoms with van der Waals surface area (Å²) in [6.07, 6.45) is 1.78. The standard InChI is InChI=1S/C19H18N4O2/c1-12-13(2)23(11-21-12)17-9-7-16(8-10-17)22-19(25)15-5-3-14(4-6-15)18(20)24/h3-11H,1-2H3,(H2,20,24)(H,22,25). The van der Waals surface area contributed by atoms with Crippen molar-refractivity contribution in [2.24, 2.45) is 5.73 Å². The molecule has 0 radical (unpaired) electrons. The van der Waals surface area contributed by atoms with Crippen LogP contribution in [0.15, 0.2) is 54.9 Å². The molecule has 3 rings (SSSR count). The molecule has 126 valence electrons. The molecule has 0 aliphatic rings. The molecule has 6 nitrogen and oxygen atoms in total. The number of hydrogen-bond donors (Lipinski definition) is 2. The van der Waals surface area contributed by atoms with Crippen molar-refractivity contribution in [1.82, 2.24) is 9.55 Å². The van der Waals surface area contributed by atoms with E-state index in [-0.39, 0.29) is 5.91 Å². The monoisotopic (exact) mass is 334 g/mol. The number of primary amides is 1. The second-order valence-electron chi connectivity index (χ2n) is 5.73. The van der Waals surface area contributed by atoms with E-state index in [9.17, 15) is 9.59 Å². The topological polar surface area (TPSA) is 90.0 Å². The third-order valence-corrected chi connectivity index (χ3v) is 4.09. The number of carbonyl (C=O) groups excluding carboxylic acids is 2. The van der Waals surface area contributed by atoms with Gasteiger partial charge in [0.2, 0.25) is 5.91 Å². The molecule has 3 N–H and O–H groups in total. The van der Waals surface area contributed by atoms with Crippen LogP contribution in [0.3, 0.4) is 0 Å². The molecule has 6 heteroatoms. The van der Waals surface area contributed by atoms with E-state index in [1.807, 2.05) is 42.7 Å². The van der Waals surface area contributed by atoms with Crippen molar-refractivity contribution in [3.8, 4) is 5.69 Å². The van der Waals surface area contributed by atoms with E-state index in [1.165, 1.54) is 12.1 Å². The number of imidazole rings is 1. The van der Waals surface area contributed by atoms with Crippen molar-refractivity contribution in [3.63, 3.8) is 0 Å². The van der Waals surface area contributed by atoms with Gasteiger partial charge in [-0.1, -0.05) is 0 Å². The molecule has 25 heavy (non-hydrogen) atoms. The second kappa shape index (κ2) is 6.60. The quantitative estimate of drug-likeness (QED) is 0.769. The van der Waals surface area contributed by atoms with Crippen LogP contribution in [0.4, 0.5) is 5.69 Å². The Morgan fingerprint density at radius 3 is 2.08 bits per heavy atom. The van der Waals surface area contributed by atoms with Crippen molar-refractivity contribution >= 4 is 17.5 Å². The van der Waals surface area contributed by atoms with Crippen LogP contribution in [0.5, 0.6) is 0 Å². The largest absolute Gasteiger partial charge is 0.366 e. The van der Waals surface area contributed by atoms with Crippen molar-refractivity contribution in [2.75, 3.05) is 5.32 Å². The first-order chi connectivity index (χ1) is 12.0. The molecule has 1 heterocycles. The second-order valence-corrected chi connectivity index (χ2v) is 5.73. The number of nitrogens with zero attached hydrogens (tertiary/aromatic N) is 2. The summed E-state index contributed by atoms with van der Waals surface area (Å²) in [7, 11) is 0. The SMILES string of the molecule is Cc1ncn(-c2ccc(NC(=O)c3ccc(C(N)=O)cc3)cc2)c1C. The maximum atomic E-state index is 12.3. The normalized spacial score (nSPS) is 10.5. The number of carbonyl (C=O) groups is 2. The summed E-state index contributed by atoms with van der Waals surface area (Å²) >= 11 is 0. The van der Waals surface area contributed by atoms with Gasteiger partial charge >= 0.3 is 0 Å². The van der Waals surface area contributed by atoms with Gasteiger partial charge < -0.3 is 15.6 Å². The van der Waals surface area contributed by atoms with Gasteiger partial charge in [-0.15, -0.1) is 0 Å². The molecule has 0 bridgehead atoms. The number of anilines is 1. The van der Waals surface area contributed by atoms with Crippen LogP contribution in [0.1, 0.15) is 32.1 Å². The lowest BCUT2D eigenvalue weighted by atomic mass is 10.1. The van der Waals surface area contributed by atoms with Gasteiger partial charge in [0, 0.05) is 28.2 Å². The lowest BCUT2D eigenvalue weighted by Crippen LogP contribution is -2.14. The Hall–Kier alpha value is -3.41. The number of amides is 2. The summed E-state index contributed by atoms with van der Waals surface area (Å²) < 4.78 is 1.99. The fourth-order valence-electron chi connectivity index (χ4n) is 2.45. The first-order valence-corrected chi connectivity index (χ1v) is 7.78. The van der Waals surface area contributed by atoms with Crippen LogP contribution < -0.4 is 11.1 Å². The molecule has 0 aliphatic heterocycles. The third-order valence-electron chi connectivity index (χ3n) is 4.09. The minimum atomic E-state index is -0.521. The molecular weight excluding hydrogens is 316 g/mol. The number of benzene rings is 2. The number of nitrogens with one attached hydrogen (secondary N) is 1. The summed E-state index contributed by atoms with van der Waals surface area (Å²) in [5.41, 5.74) is 9.73. The lowest BCUT2D eigenvalue weighted by molar-refractivity contribution is 0.0995. The summed E-state index contributed by atoms with van der Waals surface area (Å²) in [5.74, 6) is -0.772. The highest BCUT2D eigenvalue weighted by atomic mass is 16.2.